The fraction of sp³-hybridized carbons (Fsp3) is 0.412. The number of carbonyl (C=O) groups is 2. The summed E-state index contributed by atoms with van der Waals surface area (Å²) in [6.07, 6.45) is 3.03. The van der Waals surface area contributed by atoms with E-state index in [2.05, 4.69) is 0 Å². The number of rotatable bonds is 7. The lowest BCUT2D eigenvalue weighted by Gasteiger charge is -2.20. The molecule has 6 heteroatoms. The number of ether oxygens (including phenoxy) is 2. The number of carbonyl (C=O) groups excluding carboxylic acids is 2. The molecule has 0 saturated carbocycles. The van der Waals surface area contributed by atoms with Gasteiger partial charge in [0.2, 0.25) is 0 Å². The van der Waals surface area contributed by atoms with E-state index >= 15 is 0 Å². The summed E-state index contributed by atoms with van der Waals surface area (Å²) in [5, 5.41) is 0. The predicted molar refractivity (Wildman–Crippen MR) is 81.4 cm³/mol. The summed E-state index contributed by atoms with van der Waals surface area (Å²) < 4.78 is 35.6. The van der Waals surface area contributed by atoms with Gasteiger partial charge in [0.1, 0.15) is 13.2 Å². The predicted octanol–water partition coefficient (Wildman–Crippen LogP) is 3.50. The Morgan fingerprint density at radius 1 is 1.13 bits per heavy atom. The van der Waals surface area contributed by atoms with E-state index in [1.165, 1.54) is 12.1 Å². The van der Waals surface area contributed by atoms with Crippen LogP contribution in [0, 0.1) is 17.0 Å². The molecule has 1 aromatic rings. The second-order valence-electron chi connectivity index (χ2n) is 5.55. The molecule has 0 fully saturated rings. The van der Waals surface area contributed by atoms with Crippen molar-refractivity contribution < 1.29 is 27.8 Å². The molecule has 1 rings (SSSR count). The van der Waals surface area contributed by atoms with Crippen molar-refractivity contribution in [2.45, 2.75) is 27.2 Å². The van der Waals surface area contributed by atoms with Crippen molar-refractivity contribution >= 4 is 18.0 Å². The monoisotopic (exact) mass is 326 g/mol. The maximum absolute atomic E-state index is 13.0. The zero-order valence-corrected chi connectivity index (χ0v) is 13.4. The molecule has 0 spiro atoms. The van der Waals surface area contributed by atoms with Gasteiger partial charge in [-0.1, -0.05) is 13.0 Å². The molecule has 0 aromatic heterocycles. The van der Waals surface area contributed by atoms with Gasteiger partial charge in [0.25, 0.3) is 0 Å². The van der Waals surface area contributed by atoms with Gasteiger partial charge in [-0.2, -0.15) is 0 Å². The Labute approximate surface area is 134 Å². The number of benzene rings is 1. The lowest BCUT2D eigenvalue weighted by atomic mass is 9.91. The van der Waals surface area contributed by atoms with Crippen molar-refractivity contribution in [3.63, 3.8) is 0 Å². The van der Waals surface area contributed by atoms with Crippen LogP contribution in [0.25, 0.3) is 6.08 Å². The van der Waals surface area contributed by atoms with Crippen molar-refractivity contribution in [1.82, 2.24) is 0 Å². The molecule has 1 aromatic carbocycles. The van der Waals surface area contributed by atoms with Gasteiger partial charge < -0.3 is 9.47 Å². The van der Waals surface area contributed by atoms with E-state index in [1.807, 2.05) is 6.92 Å². The van der Waals surface area contributed by atoms with Gasteiger partial charge in [-0.15, -0.1) is 0 Å². The standard InChI is InChI=1S/C17H20F2O4/c1-4-17(2,3)16(21)23-10-9-22-15(20)8-6-12-5-7-13(18)14(19)11-12/h5-8,11H,4,9-10H2,1-3H3/b8-6+. The minimum absolute atomic E-state index is 0.0347. The lowest BCUT2D eigenvalue weighted by molar-refractivity contribution is -0.157. The summed E-state index contributed by atoms with van der Waals surface area (Å²) in [4.78, 5) is 23.1. The van der Waals surface area contributed by atoms with Crippen LogP contribution in [0.2, 0.25) is 0 Å². The summed E-state index contributed by atoms with van der Waals surface area (Å²) in [5.74, 6) is -2.97. The van der Waals surface area contributed by atoms with E-state index in [4.69, 9.17) is 9.47 Å². The number of halogens is 2. The summed E-state index contributed by atoms with van der Waals surface area (Å²) in [6.45, 7) is 5.31. The van der Waals surface area contributed by atoms with E-state index < -0.39 is 23.0 Å². The molecule has 0 amide bonds. The number of hydrogen-bond donors (Lipinski definition) is 0. The molecule has 0 atom stereocenters. The first kappa shape index (κ1) is 18.8. The van der Waals surface area contributed by atoms with Crippen LogP contribution in [-0.2, 0) is 19.1 Å². The van der Waals surface area contributed by atoms with Crippen LogP contribution in [0.5, 0.6) is 0 Å². The SMILES string of the molecule is CCC(C)(C)C(=O)OCCOC(=O)/C=C/c1ccc(F)c(F)c1. The van der Waals surface area contributed by atoms with Gasteiger partial charge in [-0.25, -0.2) is 13.6 Å². The average Bonchev–Trinajstić information content (AvgIpc) is 2.52. The molecule has 0 heterocycles. The lowest BCUT2D eigenvalue weighted by Crippen LogP contribution is -2.27. The van der Waals surface area contributed by atoms with Crippen molar-refractivity contribution in [3.05, 3.63) is 41.5 Å². The van der Waals surface area contributed by atoms with Gasteiger partial charge in [0.15, 0.2) is 11.6 Å². The molecule has 0 aliphatic carbocycles. The summed E-state index contributed by atoms with van der Waals surface area (Å²) >= 11 is 0. The minimum Gasteiger partial charge on any atom is -0.462 e. The third kappa shape index (κ3) is 6.18. The first-order valence-corrected chi connectivity index (χ1v) is 7.23. The normalized spacial score (nSPS) is 11.5. The van der Waals surface area contributed by atoms with Crippen molar-refractivity contribution in [2.24, 2.45) is 5.41 Å². The Balaban J connectivity index is 2.36. The van der Waals surface area contributed by atoms with Crippen LogP contribution in [0.4, 0.5) is 8.78 Å². The molecule has 126 valence electrons. The highest BCUT2D eigenvalue weighted by Gasteiger charge is 2.26. The van der Waals surface area contributed by atoms with Gasteiger partial charge in [-0.3, -0.25) is 4.79 Å². The molecule has 0 N–H and O–H groups in total. The van der Waals surface area contributed by atoms with Crippen LogP contribution < -0.4 is 0 Å². The maximum Gasteiger partial charge on any atom is 0.330 e. The van der Waals surface area contributed by atoms with Crippen molar-refractivity contribution in [2.75, 3.05) is 13.2 Å². The number of esters is 2. The Hall–Kier alpha value is -2.24. The molecule has 0 aliphatic heterocycles. The van der Waals surface area contributed by atoms with Crippen LogP contribution in [-0.4, -0.2) is 25.2 Å². The molecular formula is C17H20F2O4. The second kappa shape index (κ2) is 8.41. The van der Waals surface area contributed by atoms with Gasteiger partial charge in [-0.05, 0) is 44.0 Å². The highest BCUT2D eigenvalue weighted by Crippen LogP contribution is 2.21. The number of hydrogen-bond acceptors (Lipinski definition) is 4. The van der Waals surface area contributed by atoms with Gasteiger partial charge in [0.05, 0.1) is 5.41 Å². The molecule has 23 heavy (non-hydrogen) atoms. The summed E-state index contributed by atoms with van der Waals surface area (Å²) in [6, 6.07) is 3.26. The molecule has 0 saturated heterocycles. The van der Waals surface area contributed by atoms with Gasteiger partial charge in [0, 0.05) is 6.08 Å². The van der Waals surface area contributed by atoms with Crippen molar-refractivity contribution in [1.29, 1.82) is 0 Å². The highest BCUT2D eigenvalue weighted by atomic mass is 19.2. The van der Waals surface area contributed by atoms with Crippen LogP contribution in [0.15, 0.2) is 24.3 Å². The molecule has 0 radical (unpaired) electrons. The first-order chi connectivity index (χ1) is 10.8. The van der Waals surface area contributed by atoms with Gasteiger partial charge >= 0.3 is 11.9 Å². The Bertz CT molecular complexity index is 594. The van der Waals surface area contributed by atoms with Crippen LogP contribution in [0.3, 0.4) is 0 Å². The van der Waals surface area contributed by atoms with Crippen molar-refractivity contribution in [3.8, 4) is 0 Å². The van der Waals surface area contributed by atoms with E-state index in [1.54, 1.807) is 13.8 Å². The maximum atomic E-state index is 13.0. The molecule has 4 nitrogen and oxygen atoms in total. The zero-order valence-electron chi connectivity index (χ0n) is 13.4. The quantitative estimate of drug-likeness (QED) is 0.437. The molecule has 0 unspecified atom stereocenters. The Morgan fingerprint density at radius 2 is 1.78 bits per heavy atom. The average molecular weight is 326 g/mol. The van der Waals surface area contributed by atoms with Crippen LogP contribution >= 0.6 is 0 Å². The Morgan fingerprint density at radius 3 is 2.39 bits per heavy atom. The minimum atomic E-state index is -0.994. The van der Waals surface area contributed by atoms with E-state index in [0.29, 0.717) is 12.0 Å². The fourth-order valence-electron chi connectivity index (χ4n) is 1.44. The fourth-order valence-corrected chi connectivity index (χ4v) is 1.44. The highest BCUT2D eigenvalue weighted by molar-refractivity contribution is 5.87. The first-order valence-electron chi connectivity index (χ1n) is 7.23. The Kier molecular flexibility index (Phi) is 6.88. The van der Waals surface area contributed by atoms with E-state index in [-0.39, 0.29) is 19.2 Å². The topological polar surface area (TPSA) is 52.6 Å². The third-order valence-corrected chi connectivity index (χ3v) is 3.35. The summed E-state index contributed by atoms with van der Waals surface area (Å²) in [7, 11) is 0. The second-order valence-corrected chi connectivity index (χ2v) is 5.55. The largest absolute Gasteiger partial charge is 0.462 e. The summed E-state index contributed by atoms with van der Waals surface area (Å²) in [5.41, 5.74) is -0.242. The smallest absolute Gasteiger partial charge is 0.330 e. The molecule has 0 aliphatic rings. The zero-order chi connectivity index (χ0) is 17.5. The molecule has 0 bridgehead atoms. The molecular weight excluding hydrogens is 306 g/mol. The van der Waals surface area contributed by atoms with Crippen LogP contribution in [0.1, 0.15) is 32.8 Å². The van der Waals surface area contributed by atoms with E-state index in [9.17, 15) is 18.4 Å². The third-order valence-electron chi connectivity index (χ3n) is 3.35. The van der Waals surface area contributed by atoms with E-state index in [0.717, 1.165) is 18.2 Å².